The number of nitrogens with zero attached hydrogens (tertiary/aromatic N) is 3. The first-order valence-corrected chi connectivity index (χ1v) is 10.9. The second kappa shape index (κ2) is 11.5. The summed E-state index contributed by atoms with van der Waals surface area (Å²) in [4.78, 5) is 20.6. The first-order chi connectivity index (χ1) is 14.7. The minimum absolute atomic E-state index is 0. The van der Waals surface area contributed by atoms with Crippen molar-refractivity contribution in [2.45, 2.75) is 32.4 Å². The number of amides is 1. The molecule has 0 aromatic heterocycles. The average molecular weight is 533 g/mol. The van der Waals surface area contributed by atoms with Gasteiger partial charge in [0.05, 0.1) is 0 Å². The number of hydrogen-bond acceptors (Lipinski definition) is 3. The fourth-order valence-corrected chi connectivity index (χ4v) is 4.20. The number of fused-ring (bicyclic) bond motifs is 1. The van der Waals surface area contributed by atoms with Gasteiger partial charge >= 0.3 is 0 Å². The van der Waals surface area contributed by atoms with Gasteiger partial charge in [0.2, 0.25) is 5.91 Å². The van der Waals surface area contributed by atoms with Crippen molar-refractivity contribution in [3.05, 3.63) is 65.2 Å². The smallest absolute Gasteiger partial charge is 0.227 e. The number of carbonyl (C=O) groups excluding carboxylic acids is 1. The fourth-order valence-electron chi connectivity index (χ4n) is 4.20. The van der Waals surface area contributed by atoms with Crippen LogP contribution in [0.3, 0.4) is 0 Å². The van der Waals surface area contributed by atoms with Crippen molar-refractivity contribution in [2.24, 2.45) is 4.99 Å². The number of hydrogen-bond donors (Lipinski definition) is 2. The molecule has 0 aliphatic carbocycles. The van der Waals surface area contributed by atoms with E-state index in [2.05, 4.69) is 56.9 Å². The molecule has 2 heterocycles. The van der Waals surface area contributed by atoms with E-state index in [0.29, 0.717) is 13.0 Å². The Labute approximate surface area is 202 Å². The Hall–Kier alpha value is -2.13. The van der Waals surface area contributed by atoms with E-state index in [-0.39, 0.29) is 29.9 Å². The molecule has 0 atom stereocenters. The van der Waals surface area contributed by atoms with Gasteiger partial charge in [-0.05, 0) is 41.7 Å². The van der Waals surface area contributed by atoms with Gasteiger partial charge in [-0.1, -0.05) is 36.4 Å². The lowest BCUT2D eigenvalue weighted by Crippen LogP contribution is -2.42. The number of guanidine groups is 1. The van der Waals surface area contributed by atoms with E-state index in [0.717, 1.165) is 57.2 Å². The van der Waals surface area contributed by atoms with Gasteiger partial charge in [0.1, 0.15) is 0 Å². The topological polar surface area (TPSA) is 60.0 Å². The van der Waals surface area contributed by atoms with Gasteiger partial charge in [-0.25, -0.2) is 0 Å². The number of carbonyl (C=O) groups is 1. The summed E-state index contributed by atoms with van der Waals surface area (Å²) in [5, 5.41) is 6.79. The second-order valence-electron chi connectivity index (χ2n) is 7.96. The summed E-state index contributed by atoms with van der Waals surface area (Å²) in [5.41, 5.74) is 5.09. The van der Waals surface area contributed by atoms with E-state index < -0.39 is 0 Å². The normalized spacial score (nSPS) is 16.6. The van der Waals surface area contributed by atoms with Crippen LogP contribution in [0.2, 0.25) is 0 Å². The molecular weight excluding hydrogens is 501 g/mol. The summed E-state index contributed by atoms with van der Waals surface area (Å²) in [6.45, 7) is 5.51. The molecule has 166 valence electrons. The lowest BCUT2D eigenvalue weighted by Gasteiger charge is -2.28. The van der Waals surface area contributed by atoms with Crippen LogP contribution in [0.5, 0.6) is 0 Å². The number of benzene rings is 2. The monoisotopic (exact) mass is 533 g/mol. The highest BCUT2D eigenvalue weighted by Crippen LogP contribution is 2.21. The summed E-state index contributed by atoms with van der Waals surface area (Å²) in [6, 6.07) is 17.0. The number of anilines is 1. The zero-order valence-corrected chi connectivity index (χ0v) is 20.5. The van der Waals surface area contributed by atoms with Crippen molar-refractivity contribution in [2.75, 3.05) is 38.1 Å². The highest BCUT2D eigenvalue weighted by molar-refractivity contribution is 14.0. The summed E-state index contributed by atoms with van der Waals surface area (Å²) in [7, 11) is 1.80. The van der Waals surface area contributed by atoms with Crippen molar-refractivity contribution < 1.29 is 4.79 Å². The van der Waals surface area contributed by atoms with Crippen LogP contribution >= 0.6 is 24.0 Å². The molecule has 1 fully saturated rings. The average Bonchev–Trinajstić information content (AvgIpc) is 3.22. The van der Waals surface area contributed by atoms with Crippen LogP contribution in [0.15, 0.2) is 53.5 Å². The van der Waals surface area contributed by atoms with Gasteiger partial charge in [-0.2, -0.15) is 0 Å². The van der Waals surface area contributed by atoms with Crippen molar-refractivity contribution >= 4 is 41.5 Å². The Bertz CT molecular complexity index is 899. The summed E-state index contributed by atoms with van der Waals surface area (Å²) >= 11 is 0. The molecule has 0 unspecified atom stereocenters. The largest absolute Gasteiger partial charge is 0.355 e. The summed E-state index contributed by atoms with van der Waals surface area (Å²) < 4.78 is 0. The minimum atomic E-state index is 0. The molecule has 0 saturated carbocycles. The third-order valence-electron chi connectivity index (χ3n) is 5.94. The highest BCUT2D eigenvalue weighted by atomic mass is 127. The maximum atomic E-state index is 11.9. The van der Waals surface area contributed by atoms with Gasteiger partial charge in [0.15, 0.2) is 5.96 Å². The predicted molar refractivity (Wildman–Crippen MR) is 137 cm³/mol. The molecule has 6 nitrogen and oxygen atoms in total. The first kappa shape index (κ1) is 23.5. The molecular formula is C24H32IN5O. The maximum Gasteiger partial charge on any atom is 0.227 e. The van der Waals surface area contributed by atoms with Crippen LogP contribution < -0.4 is 15.5 Å². The lowest BCUT2D eigenvalue weighted by atomic mass is 10.00. The van der Waals surface area contributed by atoms with Gasteiger partial charge in [0, 0.05) is 58.4 Å². The Morgan fingerprint density at radius 2 is 1.77 bits per heavy atom. The molecule has 0 bridgehead atoms. The van der Waals surface area contributed by atoms with Crippen LogP contribution in [0, 0.1) is 0 Å². The molecule has 1 saturated heterocycles. The van der Waals surface area contributed by atoms with E-state index in [1.807, 2.05) is 17.0 Å². The molecule has 2 aliphatic rings. The van der Waals surface area contributed by atoms with Crippen LogP contribution in [0.25, 0.3) is 0 Å². The molecule has 2 N–H and O–H groups in total. The zero-order valence-electron chi connectivity index (χ0n) is 18.1. The third kappa shape index (κ3) is 6.20. The maximum absolute atomic E-state index is 11.9. The van der Waals surface area contributed by atoms with Crippen molar-refractivity contribution in [1.82, 2.24) is 15.5 Å². The van der Waals surface area contributed by atoms with Gasteiger partial charge in [0.25, 0.3) is 0 Å². The molecule has 0 spiro atoms. The van der Waals surface area contributed by atoms with Crippen molar-refractivity contribution in [3.63, 3.8) is 0 Å². The molecule has 1 amide bonds. The fraction of sp³-hybridized carbons (Fsp3) is 0.417. The Balaban J connectivity index is 0.00000272. The Morgan fingerprint density at radius 3 is 2.48 bits per heavy atom. The quantitative estimate of drug-likeness (QED) is 0.341. The van der Waals surface area contributed by atoms with E-state index >= 15 is 0 Å². The van der Waals surface area contributed by atoms with Crippen molar-refractivity contribution in [3.8, 4) is 0 Å². The van der Waals surface area contributed by atoms with Crippen LogP contribution in [-0.2, 0) is 24.3 Å². The SMILES string of the molecule is CN=C(NCCN1CCc2ccccc2C1)NCc1ccc(N2CCCC2=O)cc1.I. The summed E-state index contributed by atoms with van der Waals surface area (Å²) in [5.74, 6) is 1.04. The first-order valence-electron chi connectivity index (χ1n) is 10.9. The third-order valence-corrected chi connectivity index (χ3v) is 5.94. The number of aliphatic imine (C=N–C) groups is 1. The molecule has 31 heavy (non-hydrogen) atoms. The molecule has 7 heteroatoms. The van der Waals surface area contributed by atoms with Crippen LogP contribution in [0.1, 0.15) is 29.5 Å². The minimum Gasteiger partial charge on any atom is -0.355 e. The van der Waals surface area contributed by atoms with E-state index in [9.17, 15) is 4.79 Å². The van der Waals surface area contributed by atoms with E-state index in [4.69, 9.17) is 0 Å². The molecule has 0 radical (unpaired) electrons. The van der Waals surface area contributed by atoms with Gasteiger partial charge in [-0.3, -0.25) is 14.7 Å². The Morgan fingerprint density at radius 1 is 1.00 bits per heavy atom. The number of halogens is 1. The van der Waals surface area contributed by atoms with E-state index in [1.165, 1.54) is 16.7 Å². The van der Waals surface area contributed by atoms with E-state index in [1.54, 1.807) is 7.05 Å². The van der Waals surface area contributed by atoms with Crippen LogP contribution in [0.4, 0.5) is 5.69 Å². The predicted octanol–water partition coefficient (Wildman–Crippen LogP) is 3.15. The number of rotatable bonds is 6. The van der Waals surface area contributed by atoms with Crippen LogP contribution in [-0.4, -0.2) is 50.0 Å². The van der Waals surface area contributed by atoms with Gasteiger partial charge in [-0.15, -0.1) is 24.0 Å². The molecule has 2 aliphatic heterocycles. The van der Waals surface area contributed by atoms with Crippen molar-refractivity contribution in [1.29, 1.82) is 0 Å². The standard InChI is InChI=1S/C24H31N5O.HI/c1-25-24(26-13-16-28-15-12-20-5-2-3-6-21(20)18-28)27-17-19-8-10-22(11-9-19)29-14-4-7-23(29)30;/h2-3,5-6,8-11H,4,7,12-18H2,1H3,(H2,25,26,27);1H. The zero-order chi connectivity index (χ0) is 20.8. The molecule has 2 aromatic rings. The summed E-state index contributed by atoms with van der Waals surface area (Å²) in [6.07, 6.45) is 2.74. The lowest BCUT2D eigenvalue weighted by molar-refractivity contribution is -0.117. The Kier molecular flexibility index (Phi) is 8.71. The number of nitrogens with one attached hydrogen (secondary N) is 2. The van der Waals surface area contributed by atoms with Gasteiger partial charge < -0.3 is 15.5 Å². The molecule has 2 aromatic carbocycles. The molecule has 4 rings (SSSR count). The second-order valence-corrected chi connectivity index (χ2v) is 7.96. The highest BCUT2D eigenvalue weighted by Gasteiger charge is 2.21.